The van der Waals surface area contributed by atoms with Gasteiger partial charge in [0.15, 0.2) is 11.5 Å². The number of methoxy groups -OCH3 is 2. The van der Waals surface area contributed by atoms with Gasteiger partial charge in [-0.1, -0.05) is 0 Å². The number of hydrogen-bond acceptors (Lipinski definition) is 4. The van der Waals surface area contributed by atoms with E-state index in [1.54, 1.807) is 25.3 Å². The summed E-state index contributed by atoms with van der Waals surface area (Å²) >= 11 is 0. The molecule has 1 aliphatic heterocycles. The first-order chi connectivity index (χ1) is 10.1. The number of benzene rings is 1. The molecule has 2 N–H and O–H groups in total. The zero-order valence-electron chi connectivity index (χ0n) is 12.3. The summed E-state index contributed by atoms with van der Waals surface area (Å²) in [5, 5.41) is 5.69. The molecule has 6 heteroatoms. The molecule has 0 saturated carbocycles. The van der Waals surface area contributed by atoms with E-state index in [9.17, 15) is 9.59 Å². The molecule has 21 heavy (non-hydrogen) atoms. The van der Waals surface area contributed by atoms with E-state index in [1.807, 2.05) is 0 Å². The molecule has 1 fully saturated rings. The van der Waals surface area contributed by atoms with Gasteiger partial charge in [0, 0.05) is 24.6 Å². The Morgan fingerprint density at radius 3 is 2.76 bits per heavy atom. The zero-order chi connectivity index (χ0) is 15.2. The number of rotatable bonds is 4. The van der Waals surface area contributed by atoms with Crippen LogP contribution in [-0.4, -0.2) is 38.6 Å². The van der Waals surface area contributed by atoms with Crippen molar-refractivity contribution >= 4 is 11.8 Å². The number of carbonyl (C=O) groups excluding carboxylic acids is 2. The van der Waals surface area contributed by atoms with E-state index in [2.05, 4.69) is 10.6 Å². The van der Waals surface area contributed by atoms with Crippen molar-refractivity contribution in [1.82, 2.24) is 10.6 Å². The molecule has 0 aromatic heterocycles. The lowest BCUT2D eigenvalue weighted by molar-refractivity contribution is -0.121. The van der Waals surface area contributed by atoms with Gasteiger partial charge in [-0.25, -0.2) is 0 Å². The number of hydrogen-bond donors (Lipinski definition) is 2. The summed E-state index contributed by atoms with van der Waals surface area (Å²) in [6.45, 7) is 0.668. The lowest BCUT2D eigenvalue weighted by Crippen LogP contribution is -2.36. The molecular formula is C15H20N2O4. The Hall–Kier alpha value is -2.24. The largest absolute Gasteiger partial charge is 0.493 e. The fraction of sp³-hybridized carbons (Fsp3) is 0.467. The van der Waals surface area contributed by atoms with Crippen LogP contribution in [0.4, 0.5) is 0 Å². The van der Waals surface area contributed by atoms with Gasteiger partial charge in [-0.15, -0.1) is 0 Å². The lowest BCUT2D eigenvalue weighted by atomic mass is 10.1. The Morgan fingerprint density at radius 1 is 1.29 bits per heavy atom. The molecule has 1 aromatic rings. The second-order valence-electron chi connectivity index (χ2n) is 4.94. The molecule has 1 atom stereocenters. The van der Waals surface area contributed by atoms with Crippen LogP contribution in [0.3, 0.4) is 0 Å². The van der Waals surface area contributed by atoms with Gasteiger partial charge >= 0.3 is 0 Å². The maximum Gasteiger partial charge on any atom is 0.251 e. The van der Waals surface area contributed by atoms with Crippen LogP contribution >= 0.6 is 0 Å². The minimum Gasteiger partial charge on any atom is -0.493 e. The van der Waals surface area contributed by atoms with Crippen LogP contribution < -0.4 is 20.1 Å². The van der Waals surface area contributed by atoms with Crippen molar-refractivity contribution in [3.63, 3.8) is 0 Å². The molecule has 1 unspecified atom stereocenters. The molecule has 6 nitrogen and oxygen atoms in total. The third kappa shape index (κ3) is 3.87. The SMILES string of the molecule is COc1ccc(C(=O)NC2CCCNC(=O)C2)cc1OC. The second kappa shape index (κ2) is 6.97. The minimum absolute atomic E-state index is 0.0230. The summed E-state index contributed by atoms with van der Waals surface area (Å²) < 4.78 is 10.3. The number of ether oxygens (including phenoxy) is 2. The Bertz CT molecular complexity index is 530. The van der Waals surface area contributed by atoms with Gasteiger partial charge < -0.3 is 20.1 Å². The normalized spacial score (nSPS) is 18.4. The van der Waals surface area contributed by atoms with Crippen molar-refractivity contribution in [2.75, 3.05) is 20.8 Å². The lowest BCUT2D eigenvalue weighted by Gasteiger charge is -2.16. The third-order valence-corrected chi connectivity index (χ3v) is 3.46. The number of nitrogens with one attached hydrogen (secondary N) is 2. The van der Waals surface area contributed by atoms with Gasteiger partial charge in [-0.2, -0.15) is 0 Å². The predicted molar refractivity (Wildman–Crippen MR) is 77.7 cm³/mol. The summed E-state index contributed by atoms with van der Waals surface area (Å²) in [7, 11) is 3.07. The fourth-order valence-corrected chi connectivity index (χ4v) is 2.34. The molecule has 0 spiro atoms. The van der Waals surface area contributed by atoms with Crippen LogP contribution in [-0.2, 0) is 4.79 Å². The molecule has 1 saturated heterocycles. The van der Waals surface area contributed by atoms with E-state index in [0.29, 0.717) is 30.0 Å². The minimum atomic E-state index is -0.212. The fourth-order valence-electron chi connectivity index (χ4n) is 2.34. The van der Waals surface area contributed by atoms with Gasteiger partial charge in [-0.3, -0.25) is 9.59 Å². The highest BCUT2D eigenvalue weighted by Crippen LogP contribution is 2.27. The highest BCUT2D eigenvalue weighted by atomic mass is 16.5. The van der Waals surface area contributed by atoms with Crippen molar-refractivity contribution in [2.45, 2.75) is 25.3 Å². The van der Waals surface area contributed by atoms with Gasteiger partial charge in [0.25, 0.3) is 5.91 Å². The number of amides is 2. The van der Waals surface area contributed by atoms with Crippen molar-refractivity contribution < 1.29 is 19.1 Å². The van der Waals surface area contributed by atoms with Gasteiger partial charge in [0.2, 0.25) is 5.91 Å². The molecule has 0 aliphatic carbocycles. The smallest absolute Gasteiger partial charge is 0.251 e. The van der Waals surface area contributed by atoms with Crippen LogP contribution in [0.15, 0.2) is 18.2 Å². The van der Waals surface area contributed by atoms with Gasteiger partial charge in [0.05, 0.1) is 14.2 Å². The molecule has 1 heterocycles. The molecule has 2 amide bonds. The molecule has 1 aromatic carbocycles. The van der Waals surface area contributed by atoms with Crippen LogP contribution in [0.25, 0.3) is 0 Å². The Balaban J connectivity index is 2.07. The topological polar surface area (TPSA) is 76.7 Å². The quantitative estimate of drug-likeness (QED) is 0.871. The van der Waals surface area contributed by atoms with Crippen molar-refractivity contribution in [3.8, 4) is 11.5 Å². The molecule has 0 bridgehead atoms. The first-order valence-electron chi connectivity index (χ1n) is 6.93. The summed E-state index contributed by atoms with van der Waals surface area (Å²) in [5.41, 5.74) is 0.484. The van der Waals surface area contributed by atoms with Crippen LogP contribution in [0, 0.1) is 0 Å². The van der Waals surface area contributed by atoms with Crippen molar-refractivity contribution in [3.05, 3.63) is 23.8 Å². The highest BCUT2D eigenvalue weighted by molar-refractivity contribution is 5.95. The van der Waals surface area contributed by atoms with E-state index < -0.39 is 0 Å². The van der Waals surface area contributed by atoms with Crippen molar-refractivity contribution in [2.24, 2.45) is 0 Å². The van der Waals surface area contributed by atoms with Crippen LogP contribution in [0.1, 0.15) is 29.6 Å². The van der Waals surface area contributed by atoms with Crippen LogP contribution in [0.2, 0.25) is 0 Å². The van der Waals surface area contributed by atoms with E-state index >= 15 is 0 Å². The van der Waals surface area contributed by atoms with Crippen LogP contribution in [0.5, 0.6) is 11.5 Å². The van der Waals surface area contributed by atoms with Gasteiger partial charge in [-0.05, 0) is 31.0 Å². The number of carbonyl (C=O) groups is 2. The Morgan fingerprint density at radius 2 is 2.05 bits per heavy atom. The predicted octanol–water partition coefficient (Wildman–Crippen LogP) is 1.10. The summed E-state index contributed by atoms with van der Waals surface area (Å²) in [4.78, 5) is 23.8. The first kappa shape index (κ1) is 15.2. The van der Waals surface area contributed by atoms with E-state index in [0.717, 1.165) is 12.8 Å². The summed E-state index contributed by atoms with van der Waals surface area (Å²) in [5.74, 6) is 0.840. The van der Waals surface area contributed by atoms with Gasteiger partial charge in [0.1, 0.15) is 0 Å². The zero-order valence-corrected chi connectivity index (χ0v) is 12.3. The Kier molecular flexibility index (Phi) is 5.03. The molecular weight excluding hydrogens is 272 g/mol. The highest BCUT2D eigenvalue weighted by Gasteiger charge is 2.20. The monoisotopic (exact) mass is 292 g/mol. The first-order valence-corrected chi connectivity index (χ1v) is 6.93. The molecule has 1 aliphatic rings. The average Bonchev–Trinajstić information content (AvgIpc) is 2.70. The Labute approximate surface area is 123 Å². The van der Waals surface area contributed by atoms with E-state index in [4.69, 9.17) is 9.47 Å². The average molecular weight is 292 g/mol. The molecule has 2 rings (SSSR count). The maximum atomic E-state index is 12.3. The maximum absolute atomic E-state index is 12.3. The summed E-state index contributed by atoms with van der Waals surface area (Å²) in [6, 6.07) is 4.86. The van der Waals surface area contributed by atoms with E-state index in [-0.39, 0.29) is 17.9 Å². The molecule has 114 valence electrons. The van der Waals surface area contributed by atoms with E-state index in [1.165, 1.54) is 7.11 Å². The third-order valence-electron chi connectivity index (χ3n) is 3.46. The summed E-state index contributed by atoms with van der Waals surface area (Å²) in [6.07, 6.45) is 1.97. The molecule has 0 radical (unpaired) electrons. The second-order valence-corrected chi connectivity index (χ2v) is 4.94. The standard InChI is InChI=1S/C15H20N2O4/c1-20-12-6-5-10(8-13(12)21-2)15(19)17-11-4-3-7-16-14(18)9-11/h5-6,8,11H,3-4,7,9H2,1-2H3,(H,16,18)(H,17,19). The van der Waals surface area contributed by atoms with Crippen molar-refractivity contribution in [1.29, 1.82) is 0 Å².